The van der Waals surface area contributed by atoms with Crippen LogP contribution in [-0.4, -0.2) is 56.1 Å². The van der Waals surface area contributed by atoms with Crippen molar-refractivity contribution in [2.75, 3.05) is 20.7 Å². The zero-order valence-electron chi connectivity index (χ0n) is 14.7. The first-order chi connectivity index (χ1) is 12.4. The number of hydrogen-bond acceptors (Lipinski definition) is 6. The number of hydrogen-bond donors (Lipinski definition) is 1. The Hall–Kier alpha value is -3.13. The van der Waals surface area contributed by atoms with Gasteiger partial charge in [0, 0.05) is 32.1 Å². The summed E-state index contributed by atoms with van der Waals surface area (Å²) < 4.78 is 1.35. The van der Waals surface area contributed by atoms with Crippen LogP contribution in [0.3, 0.4) is 0 Å². The third-order valence-corrected chi connectivity index (χ3v) is 4.07. The molecule has 134 valence electrons. The summed E-state index contributed by atoms with van der Waals surface area (Å²) in [4.78, 5) is 39.6. The minimum atomic E-state index is -0.428. The highest BCUT2D eigenvalue weighted by molar-refractivity contribution is 5.99. The lowest BCUT2D eigenvalue weighted by atomic mass is 10.1. The molecule has 0 bridgehead atoms. The second-order valence-electron chi connectivity index (χ2n) is 6.18. The molecular formula is C18H19N5O3. The molecular weight excluding hydrogens is 334 g/mol. The fourth-order valence-corrected chi connectivity index (χ4v) is 2.59. The fraction of sp³-hybridized carbons (Fsp3) is 0.278. The quantitative estimate of drug-likeness (QED) is 0.754. The molecule has 0 aliphatic heterocycles. The highest BCUT2D eigenvalue weighted by Gasteiger charge is 2.19. The van der Waals surface area contributed by atoms with Crippen LogP contribution in [0.25, 0.3) is 22.2 Å². The lowest BCUT2D eigenvalue weighted by molar-refractivity contribution is 0.0822. The molecule has 26 heavy (non-hydrogen) atoms. The molecule has 0 fully saturated rings. The van der Waals surface area contributed by atoms with E-state index in [1.165, 1.54) is 21.9 Å². The van der Waals surface area contributed by atoms with Gasteiger partial charge in [0.1, 0.15) is 11.2 Å². The molecule has 3 aromatic rings. The summed E-state index contributed by atoms with van der Waals surface area (Å²) in [5, 5.41) is 9.63. The van der Waals surface area contributed by atoms with Crippen LogP contribution in [0.1, 0.15) is 23.5 Å². The van der Waals surface area contributed by atoms with E-state index >= 15 is 0 Å². The van der Waals surface area contributed by atoms with Crippen LogP contribution in [0.5, 0.6) is 0 Å². The van der Waals surface area contributed by atoms with E-state index in [1.807, 2.05) is 0 Å². The van der Waals surface area contributed by atoms with Gasteiger partial charge >= 0.3 is 0 Å². The van der Waals surface area contributed by atoms with E-state index in [2.05, 4.69) is 15.0 Å². The molecule has 0 aromatic carbocycles. The van der Waals surface area contributed by atoms with Gasteiger partial charge in [-0.25, -0.2) is 9.97 Å². The standard InChI is InChI=1S/C18H19N5O3/c1-11(9-24)23-10-20-16-13(17(23)25)7-14(18(26)22(2)3)21-15(16)12-5-4-6-19-8-12/h4-8,10-11,24H,9H2,1-3H3/t11-/m0/s1. The number of aromatic nitrogens is 4. The molecule has 0 aliphatic rings. The van der Waals surface area contributed by atoms with Crippen LogP contribution in [0.15, 0.2) is 41.7 Å². The smallest absolute Gasteiger partial charge is 0.271 e. The summed E-state index contributed by atoms with van der Waals surface area (Å²) in [6, 6.07) is 4.57. The molecule has 0 radical (unpaired) electrons. The second-order valence-corrected chi connectivity index (χ2v) is 6.18. The summed E-state index contributed by atoms with van der Waals surface area (Å²) in [5.41, 5.74) is 1.28. The Morgan fingerprint density at radius 1 is 1.38 bits per heavy atom. The average molecular weight is 353 g/mol. The van der Waals surface area contributed by atoms with Crippen molar-refractivity contribution < 1.29 is 9.90 Å². The molecule has 8 heteroatoms. The van der Waals surface area contributed by atoms with Crippen LogP contribution in [-0.2, 0) is 0 Å². The van der Waals surface area contributed by atoms with Crippen molar-refractivity contribution in [3.63, 3.8) is 0 Å². The molecule has 1 atom stereocenters. The van der Waals surface area contributed by atoms with E-state index in [0.717, 1.165) is 0 Å². The monoisotopic (exact) mass is 353 g/mol. The Bertz CT molecular complexity index is 1010. The van der Waals surface area contributed by atoms with Crippen molar-refractivity contribution in [2.45, 2.75) is 13.0 Å². The molecule has 0 aliphatic carbocycles. The summed E-state index contributed by atoms with van der Waals surface area (Å²) >= 11 is 0. The zero-order valence-corrected chi connectivity index (χ0v) is 14.7. The van der Waals surface area contributed by atoms with Gasteiger partial charge in [0.2, 0.25) is 0 Å². The molecule has 0 saturated carbocycles. The normalized spacial score (nSPS) is 12.2. The number of aliphatic hydroxyl groups is 1. The van der Waals surface area contributed by atoms with Gasteiger partial charge in [-0.05, 0) is 25.1 Å². The van der Waals surface area contributed by atoms with Gasteiger partial charge in [-0.3, -0.25) is 19.1 Å². The Labute approximate surface area is 149 Å². The van der Waals surface area contributed by atoms with E-state index in [0.29, 0.717) is 16.8 Å². The molecule has 0 unspecified atom stereocenters. The third kappa shape index (κ3) is 3.06. The molecule has 3 heterocycles. The number of aliphatic hydroxyl groups excluding tert-OH is 1. The van der Waals surface area contributed by atoms with Gasteiger partial charge in [-0.15, -0.1) is 0 Å². The summed E-state index contributed by atoms with van der Waals surface area (Å²) in [7, 11) is 3.24. The summed E-state index contributed by atoms with van der Waals surface area (Å²) in [6.07, 6.45) is 4.62. The minimum Gasteiger partial charge on any atom is -0.394 e. The molecule has 8 nitrogen and oxygen atoms in total. The SMILES string of the molecule is C[C@@H](CO)n1cnc2c(-c3cccnc3)nc(C(=O)N(C)C)cc2c1=O. The van der Waals surface area contributed by atoms with Crippen molar-refractivity contribution in [1.82, 2.24) is 24.4 Å². The average Bonchev–Trinajstić information content (AvgIpc) is 2.67. The second kappa shape index (κ2) is 7.01. The summed E-state index contributed by atoms with van der Waals surface area (Å²) in [5.74, 6) is -0.318. The molecule has 1 amide bonds. The predicted octanol–water partition coefficient (Wildman–Crippen LogP) is 1.11. The number of fused-ring (bicyclic) bond motifs is 1. The van der Waals surface area contributed by atoms with Crippen LogP contribution in [0.4, 0.5) is 0 Å². The van der Waals surface area contributed by atoms with Crippen LogP contribution in [0, 0.1) is 0 Å². The maximum atomic E-state index is 12.9. The van der Waals surface area contributed by atoms with Gasteiger partial charge in [0.15, 0.2) is 0 Å². The number of carbonyl (C=O) groups excluding carboxylic acids is 1. The van der Waals surface area contributed by atoms with Crippen molar-refractivity contribution >= 4 is 16.8 Å². The molecule has 0 spiro atoms. The van der Waals surface area contributed by atoms with E-state index < -0.39 is 6.04 Å². The van der Waals surface area contributed by atoms with Gasteiger partial charge in [-0.2, -0.15) is 0 Å². The Balaban J connectivity index is 2.37. The Morgan fingerprint density at radius 2 is 2.15 bits per heavy atom. The maximum absolute atomic E-state index is 12.9. The highest BCUT2D eigenvalue weighted by Crippen LogP contribution is 2.24. The van der Waals surface area contributed by atoms with Crippen molar-refractivity contribution in [3.8, 4) is 11.3 Å². The molecule has 3 rings (SSSR count). The topological polar surface area (TPSA) is 101 Å². The van der Waals surface area contributed by atoms with Gasteiger partial charge in [-0.1, -0.05) is 0 Å². The van der Waals surface area contributed by atoms with Gasteiger partial charge in [0.05, 0.1) is 30.1 Å². The predicted molar refractivity (Wildman–Crippen MR) is 96.8 cm³/mol. The zero-order chi connectivity index (χ0) is 18.8. The number of carbonyl (C=O) groups is 1. The van der Waals surface area contributed by atoms with Crippen molar-refractivity contribution in [3.05, 3.63) is 53.0 Å². The van der Waals surface area contributed by atoms with Crippen molar-refractivity contribution in [2.24, 2.45) is 0 Å². The lowest BCUT2D eigenvalue weighted by Crippen LogP contribution is -2.27. The van der Waals surface area contributed by atoms with Crippen LogP contribution >= 0.6 is 0 Å². The number of pyridine rings is 2. The molecule has 1 N–H and O–H groups in total. The van der Waals surface area contributed by atoms with Gasteiger partial charge < -0.3 is 10.0 Å². The lowest BCUT2D eigenvalue weighted by Gasteiger charge is -2.15. The van der Waals surface area contributed by atoms with E-state index in [-0.39, 0.29) is 29.2 Å². The molecule has 3 aromatic heterocycles. The third-order valence-electron chi connectivity index (χ3n) is 4.07. The van der Waals surface area contributed by atoms with E-state index in [9.17, 15) is 14.7 Å². The van der Waals surface area contributed by atoms with Crippen molar-refractivity contribution in [1.29, 1.82) is 0 Å². The van der Waals surface area contributed by atoms with Gasteiger partial charge in [0.25, 0.3) is 11.5 Å². The van der Waals surface area contributed by atoms with E-state index in [4.69, 9.17) is 0 Å². The highest BCUT2D eigenvalue weighted by atomic mass is 16.3. The van der Waals surface area contributed by atoms with Crippen LogP contribution in [0.2, 0.25) is 0 Å². The maximum Gasteiger partial charge on any atom is 0.271 e. The van der Waals surface area contributed by atoms with E-state index in [1.54, 1.807) is 45.5 Å². The first-order valence-corrected chi connectivity index (χ1v) is 8.08. The largest absolute Gasteiger partial charge is 0.394 e. The number of amides is 1. The minimum absolute atomic E-state index is 0.148. The first-order valence-electron chi connectivity index (χ1n) is 8.08. The van der Waals surface area contributed by atoms with Crippen LogP contribution < -0.4 is 5.56 Å². The fourth-order valence-electron chi connectivity index (χ4n) is 2.59. The molecule has 0 saturated heterocycles. The number of rotatable bonds is 4. The Kier molecular flexibility index (Phi) is 4.77. The number of nitrogens with zero attached hydrogens (tertiary/aromatic N) is 5. The summed E-state index contributed by atoms with van der Waals surface area (Å²) in [6.45, 7) is 1.52. The first kappa shape index (κ1) is 17.7. The Morgan fingerprint density at radius 3 is 2.77 bits per heavy atom.